The summed E-state index contributed by atoms with van der Waals surface area (Å²) in [6, 6.07) is 9.82. The van der Waals surface area contributed by atoms with E-state index in [2.05, 4.69) is 5.28 Å². The Kier molecular flexibility index (Phi) is 7.28. The predicted octanol–water partition coefficient (Wildman–Crippen LogP) is -0.291. The van der Waals surface area contributed by atoms with E-state index in [4.69, 9.17) is 0 Å². The number of rotatable bonds is 4. The van der Waals surface area contributed by atoms with E-state index in [1.807, 2.05) is 51.1 Å². The molecule has 0 N–H and O–H groups in total. The second-order valence-electron chi connectivity index (χ2n) is 4.86. The largest absolute Gasteiger partial charge is 1.00 e. The fourth-order valence-electron chi connectivity index (χ4n) is 1.60. The van der Waals surface area contributed by atoms with Gasteiger partial charge < -0.3 is 10.4 Å². The molecule has 0 fully saturated rings. The molecule has 0 saturated carbocycles. The molecule has 1 rings (SSSR count). The van der Waals surface area contributed by atoms with E-state index in [-0.39, 0.29) is 34.5 Å². The van der Waals surface area contributed by atoms with E-state index in [0.29, 0.717) is 13.0 Å². The first-order valence-electron chi connectivity index (χ1n) is 5.57. The number of benzene rings is 1. The van der Waals surface area contributed by atoms with Crippen molar-refractivity contribution in [1.82, 2.24) is 5.01 Å². The van der Waals surface area contributed by atoms with Gasteiger partial charge in [-0.2, -0.15) is 0 Å². The van der Waals surface area contributed by atoms with Gasteiger partial charge in [0, 0.05) is 4.97 Å². The first-order chi connectivity index (χ1) is 7.95. The number of nitrogens with zero attached hydrogens (tertiary/aromatic N) is 3. The molecule has 18 heavy (non-hydrogen) atoms. The van der Waals surface area contributed by atoms with Crippen molar-refractivity contribution in [2.45, 2.75) is 32.7 Å². The molecular weight excluding hydrogens is 241 g/mol. The topological polar surface area (TPSA) is 64.7 Å². The molecule has 0 aliphatic rings. The molecule has 0 aliphatic carbocycles. The third-order valence-electron chi connectivity index (χ3n) is 2.51. The molecule has 0 spiro atoms. The first kappa shape index (κ1) is 17.2. The van der Waals surface area contributed by atoms with Crippen LogP contribution in [0.2, 0.25) is 0 Å². The fraction of sp³-hybridized carbons (Fsp3) is 0.500. The summed E-state index contributed by atoms with van der Waals surface area (Å²) in [5.41, 5.74) is 0.700. The second-order valence-corrected chi connectivity index (χ2v) is 4.86. The fourth-order valence-corrected chi connectivity index (χ4v) is 1.60. The summed E-state index contributed by atoms with van der Waals surface area (Å²) in [7, 11) is 0. The van der Waals surface area contributed by atoms with Crippen LogP contribution < -0.4 is 29.6 Å². The van der Waals surface area contributed by atoms with Crippen molar-refractivity contribution in [2.24, 2.45) is 5.28 Å². The Hall–Kier alpha value is -0.780. The minimum atomic E-state index is -0.426. The van der Waals surface area contributed by atoms with E-state index in [1.165, 1.54) is 5.01 Å². The molecule has 1 aromatic rings. The molecular formula is C12H18N3NaO2. The maximum atomic E-state index is 11.3. The molecule has 0 radical (unpaired) electrons. The van der Waals surface area contributed by atoms with E-state index < -0.39 is 5.54 Å². The van der Waals surface area contributed by atoms with Gasteiger partial charge in [-0.3, -0.25) is 0 Å². The summed E-state index contributed by atoms with van der Waals surface area (Å²) >= 11 is 0. The smallest absolute Gasteiger partial charge is 0.737 e. The van der Waals surface area contributed by atoms with Crippen LogP contribution in [0.3, 0.4) is 0 Å². The van der Waals surface area contributed by atoms with Gasteiger partial charge >= 0.3 is 29.6 Å². The summed E-state index contributed by atoms with van der Waals surface area (Å²) in [6.07, 6.45) is 0.701. The summed E-state index contributed by atoms with van der Waals surface area (Å²) in [5, 5.41) is 25.5. The summed E-state index contributed by atoms with van der Waals surface area (Å²) in [5.74, 6) is 0. The van der Waals surface area contributed by atoms with Crippen LogP contribution in [0.25, 0.3) is 0 Å². The number of hydrogen-bond acceptors (Lipinski definition) is 3. The molecule has 0 amide bonds. The van der Waals surface area contributed by atoms with Gasteiger partial charge in [0.2, 0.25) is 0 Å². The Morgan fingerprint density at radius 2 is 1.78 bits per heavy atom. The van der Waals surface area contributed by atoms with Gasteiger partial charge in [-0.15, -0.1) is 5.01 Å². The van der Waals surface area contributed by atoms with Crippen molar-refractivity contribution >= 4 is 0 Å². The van der Waals surface area contributed by atoms with E-state index >= 15 is 0 Å². The predicted molar refractivity (Wildman–Crippen MR) is 66.0 cm³/mol. The van der Waals surface area contributed by atoms with Crippen LogP contribution in [0.4, 0.5) is 0 Å². The zero-order chi connectivity index (χ0) is 12.9. The summed E-state index contributed by atoms with van der Waals surface area (Å²) < 4.78 is 0. The van der Waals surface area contributed by atoms with Crippen molar-refractivity contribution in [2.75, 3.05) is 6.54 Å². The maximum Gasteiger partial charge on any atom is 1.00 e. The minimum absolute atomic E-state index is 0. The van der Waals surface area contributed by atoms with Crippen molar-refractivity contribution < 1.29 is 34.5 Å². The van der Waals surface area contributed by atoms with Crippen LogP contribution in [-0.2, 0) is 6.42 Å². The Morgan fingerprint density at radius 1 is 1.22 bits per heavy atom. The molecule has 0 heterocycles. The number of hydrogen-bond donors (Lipinski definition) is 0. The second kappa shape index (κ2) is 7.61. The molecule has 0 aromatic heterocycles. The monoisotopic (exact) mass is 259 g/mol. The maximum absolute atomic E-state index is 11.3. The van der Waals surface area contributed by atoms with Gasteiger partial charge in [0.1, 0.15) is 0 Å². The van der Waals surface area contributed by atoms with Crippen molar-refractivity contribution in [1.29, 1.82) is 0 Å². The summed E-state index contributed by atoms with van der Waals surface area (Å²) in [4.78, 5) is 0.128. The Labute approximate surface area is 130 Å². The van der Waals surface area contributed by atoms with Crippen LogP contribution in [0.5, 0.6) is 0 Å². The SMILES string of the molecule is CC(C)(C)N(CCc1ccccc1)/[N+]([O-])=N\[O-].[Na+]. The standard InChI is InChI=1S/C12H19N3O2.Na/c1-12(2,3)14(15(17)13-16)10-9-11-7-5-4-6-8-11;/h4-8,16H,9-10H2,1-3H3;/q;+1/p-1/b15-13+;. The molecule has 94 valence electrons. The van der Waals surface area contributed by atoms with Gasteiger partial charge in [-0.25, -0.2) is 0 Å². The zero-order valence-corrected chi connectivity index (χ0v) is 13.5. The van der Waals surface area contributed by atoms with E-state index in [0.717, 1.165) is 5.56 Å². The first-order valence-corrected chi connectivity index (χ1v) is 5.57. The average molecular weight is 259 g/mol. The van der Waals surface area contributed by atoms with Gasteiger partial charge in [-0.1, -0.05) is 30.3 Å². The van der Waals surface area contributed by atoms with Crippen molar-refractivity contribution in [3.05, 3.63) is 46.3 Å². The number of hydrazine groups is 1. The molecule has 0 aliphatic heterocycles. The molecule has 0 atom stereocenters. The Bertz CT molecular complexity index is 377. The van der Waals surface area contributed by atoms with Gasteiger partial charge in [0.15, 0.2) is 0 Å². The normalized spacial score (nSPS) is 11.8. The van der Waals surface area contributed by atoms with Crippen LogP contribution >= 0.6 is 0 Å². The van der Waals surface area contributed by atoms with Crippen LogP contribution in [0.1, 0.15) is 26.3 Å². The molecule has 0 saturated heterocycles. The van der Waals surface area contributed by atoms with Gasteiger partial charge in [0.25, 0.3) is 0 Å². The van der Waals surface area contributed by atoms with Crippen LogP contribution in [-0.4, -0.2) is 22.1 Å². The molecule has 0 bridgehead atoms. The molecule has 1 aromatic carbocycles. The summed E-state index contributed by atoms with van der Waals surface area (Å²) in [6.45, 7) is 6.07. The van der Waals surface area contributed by atoms with Gasteiger partial charge in [0.05, 0.1) is 12.1 Å². The van der Waals surface area contributed by atoms with E-state index in [1.54, 1.807) is 0 Å². The molecule has 0 unspecified atom stereocenters. The van der Waals surface area contributed by atoms with Crippen LogP contribution in [0.15, 0.2) is 35.6 Å². The third-order valence-corrected chi connectivity index (χ3v) is 2.51. The van der Waals surface area contributed by atoms with Crippen molar-refractivity contribution in [3.63, 3.8) is 0 Å². The zero-order valence-electron chi connectivity index (χ0n) is 11.5. The minimum Gasteiger partial charge on any atom is -0.737 e. The van der Waals surface area contributed by atoms with Crippen LogP contribution in [0, 0.1) is 10.4 Å². The van der Waals surface area contributed by atoms with E-state index in [9.17, 15) is 10.4 Å². The van der Waals surface area contributed by atoms with Gasteiger partial charge in [-0.05, 0) is 38.0 Å². The quantitative estimate of drug-likeness (QED) is 0.323. The van der Waals surface area contributed by atoms with Crippen molar-refractivity contribution in [3.8, 4) is 0 Å². The Balaban J connectivity index is 0.00000289. The third kappa shape index (κ3) is 5.25. The molecule has 6 heteroatoms. The Morgan fingerprint density at radius 3 is 2.22 bits per heavy atom. The molecule has 5 nitrogen and oxygen atoms in total. The average Bonchev–Trinajstić information content (AvgIpc) is 2.28.